The van der Waals surface area contributed by atoms with Gasteiger partial charge in [-0.05, 0) is 35.9 Å². The Hall–Kier alpha value is -2.57. The minimum Gasteiger partial charge on any atom is -0.497 e. The number of carbonyl (C=O) groups excluding carboxylic acids is 1. The van der Waals surface area contributed by atoms with Gasteiger partial charge in [-0.15, -0.1) is 0 Å². The van der Waals surface area contributed by atoms with Gasteiger partial charge < -0.3 is 4.74 Å². The molecule has 0 fully saturated rings. The second-order valence-corrected chi connectivity index (χ2v) is 7.79. The van der Waals surface area contributed by atoms with Gasteiger partial charge in [-0.3, -0.25) is 19.1 Å². The topological polar surface area (TPSA) is 51.5 Å². The molecule has 27 heavy (non-hydrogen) atoms. The third-order valence-corrected chi connectivity index (χ3v) is 6.10. The van der Waals surface area contributed by atoms with Crippen LogP contribution in [0.3, 0.4) is 0 Å². The molecule has 2 heterocycles. The van der Waals surface area contributed by atoms with Gasteiger partial charge in [0, 0.05) is 24.4 Å². The van der Waals surface area contributed by atoms with Crippen molar-refractivity contribution >= 4 is 40.4 Å². The third kappa shape index (κ3) is 3.05. The van der Waals surface area contributed by atoms with Crippen LogP contribution in [0.2, 0.25) is 5.02 Å². The van der Waals surface area contributed by atoms with E-state index in [0.29, 0.717) is 16.5 Å². The van der Waals surface area contributed by atoms with Crippen LogP contribution in [0.5, 0.6) is 5.75 Å². The molecule has 2 aromatic carbocycles. The number of amides is 1. The molecule has 0 radical (unpaired) electrons. The second-order valence-electron chi connectivity index (χ2n) is 6.36. The van der Waals surface area contributed by atoms with Gasteiger partial charge in [0.15, 0.2) is 0 Å². The van der Waals surface area contributed by atoms with E-state index in [1.165, 1.54) is 15.9 Å². The van der Waals surface area contributed by atoms with Gasteiger partial charge in [0.2, 0.25) is 5.91 Å². The highest BCUT2D eigenvalue weighted by Gasteiger charge is 2.37. The highest BCUT2D eigenvalue weighted by atomic mass is 35.5. The van der Waals surface area contributed by atoms with Crippen LogP contribution in [0.15, 0.2) is 53.3 Å². The average molecular weight is 401 g/mol. The van der Waals surface area contributed by atoms with Crippen molar-refractivity contribution in [1.29, 1.82) is 0 Å². The van der Waals surface area contributed by atoms with Crippen LogP contribution in [0.25, 0.3) is 0 Å². The largest absolute Gasteiger partial charge is 0.497 e. The standard InChI is InChI=1S/C20H17ClN2O3S/c1-22-19-18(27-20(22)25)16(12-5-3-8-15(9-12)26-2)11-17(24)23(19)14-7-4-6-13(21)10-14/h3-10,16H,11H2,1-2H3/t16-/m0/s1. The maximum absolute atomic E-state index is 13.1. The smallest absolute Gasteiger partial charge is 0.308 e. The summed E-state index contributed by atoms with van der Waals surface area (Å²) in [5, 5.41) is 0.539. The molecule has 0 saturated carbocycles. The van der Waals surface area contributed by atoms with E-state index in [-0.39, 0.29) is 23.1 Å². The number of benzene rings is 2. The predicted molar refractivity (Wildman–Crippen MR) is 108 cm³/mol. The Kier molecular flexibility index (Phi) is 4.53. The molecule has 1 atom stereocenters. The van der Waals surface area contributed by atoms with E-state index in [1.807, 2.05) is 30.3 Å². The van der Waals surface area contributed by atoms with Crippen molar-refractivity contribution in [2.24, 2.45) is 7.05 Å². The van der Waals surface area contributed by atoms with E-state index in [4.69, 9.17) is 16.3 Å². The van der Waals surface area contributed by atoms with Crippen LogP contribution in [-0.4, -0.2) is 17.6 Å². The monoisotopic (exact) mass is 400 g/mol. The molecule has 0 N–H and O–H groups in total. The summed E-state index contributed by atoms with van der Waals surface area (Å²) in [6.45, 7) is 0. The van der Waals surface area contributed by atoms with Crippen molar-refractivity contribution in [3.63, 3.8) is 0 Å². The number of hydrogen-bond acceptors (Lipinski definition) is 4. The molecule has 5 nitrogen and oxygen atoms in total. The lowest BCUT2D eigenvalue weighted by atomic mass is 9.90. The summed E-state index contributed by atoms with van der Waals surface area (Å²) < 4.78 is 6.85. The number of hydrogen-bond donors (Lipinski definition) is 0. The summed E-state index contributed by atoms with van der Waals surface area (Å²) in [6.07, 6.45) is 0.270. The van der Waals surface area contributed by atoms with Gasteiger partial charge in [-0.2, -0.15) is 0 Å². The first-order chi connectivity index (χ1) is 13.0. The summed E-state index contributed by atoms with van der Waals surface area (Å²) in [5.74, 6) is 1.07. The highest BCUT2D eigenvalue weighted by Crippen LogP contribution is 2.45. The Morgan fingerprint density at radius 3 is 2.67 bits per heavy atom. The molecule has 0 saturated heterocycles. The number of anilines is 2. The molecular formula is C20H17ClN2O3S. The van der Waals surface area contributed by atoms with Crippen LogP contribution < -0.4 is 14.5 Å². The second kappa shape index (κ2) is 6.87. The highest BCUT2D eigenvalue weighted by molar-refractivity contribution is 7.10. The van der Waals surface area contributed by atoms with E-state index in [2.05, 4.69) is 0 Å². The van der Waals surface area contributed by atoms with Gasteiger partial charge in [0.05, 0.1) is 17.7 Å². The summed E-state index contributed by atoms with van der Waals surface area (Å²) in [5.41, 5.74) is 1.61. The summed E-state index contributed by atoms with van der Waals surface area (Å²) in [6, 6.07) is 14.7. The normalized spacial score (nSPS) is 16.3. The van der Waals surface area contributed by atoms with Gasteiger partial charge in [-0.1, -0.05) is 41.1 Å². The van der Waals surface area contributed by atoms with Crippen LogP contribution in [0.1, 0.15) is 22.8 Å². The summed E-state index contributed by atoms with van der Waals surface area (Å²) >= 11 is 7.30. The number of halogens is 1. The number of fused-ring (bicyclic) bond motifs is 1. The van der Waals surface area contributed by atoms with E-state index in [1.54, 1.807) is 37.3 Å². The van der Waals surface area contributed by atoms with E-state index >= 15 is 0 Å². The Morgan fingerprint density at radius 1 is 1.15 bits per heavy atom. The van der Waals surface area contributed by atoms with Crippen LogP contribution in [-0.2, 0) is 11.8 Å². The first-order valence-electron chi connectivity index (χ1n) is 8.41. The molecule has 4 rings (SSSR count). The molecule has 1 aliphatic rings. The van der Waals surface area contributed by atoms with Gasteiger partial charge in [0.1, 0.15) is 11.6 Å². The molecule has 0 bridgehead atoms. The van der Waals surface area contributed by atoms with Crippen molar-refractivity contribution in [1.82, 2.24) is 4.57 Å². The lowest BCUT2D eigenvalue weighted by Crippen LogP contribution is -2.34. The van der Waals surface area contributed by atoms with Gasteiger partial charge >= 0.3 is 4.87 Å². The SMILES string of the molecule is COc1cccc([C@@H]2CC(=O)N(c3cccc(Cl)c3)c3c2sc(=O)n3C)c1. The quantitative estimate of drug-likeness (QED) is 0.658. The number of rotatable bonds is 3. The summed E-state index contributed by atoms with van der Waals surface area (Å²) in [7, 11) is 3.30. The number of methoxy groups -OCH3 is 1. The maximum atomic E-state index is 13.1. The molecule has 0 aliphatic carbocycles. The Labute approximate surface area is 165 Å². The molecule has 1 aromatic heterocycles. The fraction of sp³-hybridized carbons (Fsp3) is 0.200. The minimum atomic E-state index is -0.183. The fourth-order valence-corrected chi connectivity index (χ4v) is 4.71. The first-order valence-corrected chi connectivity index (χ1v) is 9.61. The van der Waals surface area contributed by atoms with Gasteiger partial charge in [0.25, 0.3) is 0 Å². The van der Waals surface area contributed by atoms with Crippen molar-refractivity contribution in [3.8, 4) is 5.75 Å². The third-order valence-electron chi connectivity index (χ3n) is 4.73. The van der Waals surface area contributed by atoms with E-state index in [9.17, 15) is 9.59 Å². The van der Waals surface area contributed by atoms with Crippen molar-refractivity contribution < 1.29 is 9.53 Å². The number of carbonyl (C=O) groups is 1. The summed E-state index contributed by atoms with van der Waals surface area (Å²) in [4.78, 5) is 27.9. The van der Waals surface area contributed by atoms with Crippen LogP contribution in [0, 0.1) is 0 Å². The predicted octanol–water partition coefficient (Wildman–Crippen LogP) is 4.31. The van der Waals surface area contributed by atoms with E-state index < -0.39 is 0 Å². The number of aromatic nitrogens is 1. The molecule has 1 amide bonds. The van der Waals surface area contributed by atoms with Crippen molar-refractivity contribution in [3.05, 3.63) is 73.7 Å². The first kappa shape index (κ1) is 17.8. The fourth-order valence-electron chi connectivity index (χ4n) is 3.43. The lowest BCUT2D eigenvalue weighted by Gasteiger charge is -2.32. The molecule has 1 aliphatic heterocycles. The molecule has 0 spiro atoms. The lowest BCUT2D eigenvalue weighted by molar-refractivity contribution is -0.118. The zero-order valence-corrected chi connectivity index (χ0v) is 16.4. The molecule has 7 heteroatoms. The number of ether oxygens (including phenoxy) is 1. The minimum absolute atomic E-state index is 0.0778. The number of nitrogens with zero attached hydrogens (tertiary/aromatic N) is 2. The zero-order valence-electron chi connectivity index (χ0n) is 14.8. The zero-order chi connectivity index (χ0) is 19.1. The molecule has 3 aromatic rings. The van der Waals surface area contributed by atoms with Gasteiger partial charge in [-0.25, -0.2) is 0 Å². The maximum Gasteiger partial charge on any atom is 0.308 e. The molecule has 138 valence electrons. The van der Waals surface area contributed by atoms with Crippen molar-refractivity contribution in [2.45, 2.75) is 12.3 Å². The van der Waals surface area contributed by atoms with Crippen LogP contribution >= 0.6 is 22.9 Å². The van der Waals surface area contributed by atoms with Crippen LogP contribution in [0.4, 0.5) is 11.5 Å². The molecule has 0 unspecified atom stereocenters. The van der Waals surface area contributed by atoms with Crippen molar-refractivity contribution in [2.75, 3.05) is 12.0 Å². The average Bonchev–Trinajstić information content (AvgIpc) is 2.96. The number of thiazole rings is 1. The Bertz CT molecular complexity index is 1090. The molecular weight excluding hydrogens is 384 g/mol. The Balaban J connectivity index is 1.89. The Morgan fingerprint density at radius 2 is 1.93 bits per heavy atom. The van der Waals surface area contributed by atoms with E-state index in [0.717, 1.165) is 16.2 Å².